The highest BCUT2D eigenvalue weighted by Gasteiger charge is 2.27. The van der Waals surface area contributed by atoms with Crippen molar-refractivity contribution in [2.75, 3.05) is 13.2 Å². The van der Waals surface area contributed by atoms with Crippen LogP contribution in [-0.2, 0) is 4.74 Å². The zero-order valence-electron chi connectivity index (χ0n) is 11.2. The Kier molecular flexibility index (Phi) is 6.37. The van der Waals surface area contributed by atoms with Gasteiger partial charge in [0.1, 0.15) is 0 Å². The molecule has 4 atom stereocenters. The zero-order valence-corrected chi connectivity index (χ0v) is 11.2. The highest BCUT2D eigenvalue weighted by molar-refractivity contribution is 4.81. The summed E-state index contributed by atoms with van der Waals surface area (Å²) in [7, 11) is 0. The molecule has 0 aromatic carbocycles. The van der Waals surface area contributed by atoms with Crippen LogP contribution in [0.25, 0.3) is 0 Å². The smallest absolute Gasteiger partial charge is 0.0466 e. The predicted molar refractivity (Wildman–Crippen MR) is 69.4 cm³/mol. The Bertz CT molecular complexity index is 184. The van der Waals surface area contributed by atoms with Gasteiger partial charge in [-0.2, -0.15) is 0 Å². The summed E-state index contributed by atoms with van der Waals surface area (Å²) < 4.78 is 5.35. The van der Waals surface area contributed by atoms with Crippen LogP contribution in [0.5, 0.6) is 0 Å². The van der Waals surface area contributed by atoms with E-state index in [4.69, 9.17) is 10.5 Å². The summed E-state index contributed by atoms with van der Waals surface area (Å²) >= 11 is 0. The Balaban J connectivity index is 2.18. The molecule has 1 aliphatic rings. The minimum atomic E-state index is 0.399. The van der Waals surface area contributed by atoms with Crippen LogP contribution in [0.3, 0.4) is 0 Å². The lowest BCUT2D eigenvalue weighted by Gasteiger charge is -2.35. The summed E-state index contributed by atoms with van der Waals surface area (Å²) in [6.07, 6.45) is 6.28. The third kappa shape index (κ3) is 4.42. The van der Waals surface area contributed by atoms with E-state index in [1.54, 1.807) is 0 Å². The minimum Gasteiger partial charge on any atom is -0.382 e. The van der Waals surface area contributed by atoms with Crippen LogP contribution in [0.2, 0.25) is 0 Å². The molecule has 0 radical (unpaired) electrons. The number of hydrogen-bond donors (Lipinski definition) is 1. The molecule has 4 unspecified atom stereocenters. The molecule has 1 saturated carbocycles. The molecule has 0 heterocycles. The normalized spacial score (nSPS) is 32.6. The summed E-state index contributed by atoms with van der Waals surface area (Å²) in [5, 5.41) is 0. The van der Waals surface area contributed by atoms with Gasteiger partial charge in [-0.05, 0) is 50.4 Å². The highest BCUT2D eigenvalue weighted by atomic mass is 16.5. The van der Waals surface area contributed by atoms with Crippen LogP contribution in [0.1, 0.15) is 52.9 Å². The lowest BCUT2D eigenvalue weighted by atomic mass is 9.73. The minimum absolute atomic E-state index is 0.399. The average molecular weight is 227 g/mol. The van der Waals surface area contributed by atoms with Crippen LogP contribution in [0, 0.1) is 17.8 Å². The second-order valence-corrected chi connectivity index (χ2v) is 5.53. The lowest BCUT2D eigenvalue weighted by Crippen LogP contribution is -2.35. The summed E-state index contributed by atoms with van der Waals surface area (Å²) in [6, 6.07) is 0.399. The summed E-state index contributed by atoms with van der Waals surface area (Å²) in [4.78, 5) is 0. The van der Waals surface area contributed by atoms with Crippen molar-refractivity contribution in [2.45, 2.75) is 58.9 Å². The molecule has 0 saturated heterocycles. The quantitative estimate of drug-likeness (QED) is 0.707. The molecule has 0 aromatic heterocycles. The second-order valence-electron chi connectivity index (χ2n) is 5.53. The summed E-state index contributed by atoms with van der Waals surface area (Å²) in [5.74, 6) is 2.51. The van der Waals surface area contributed by atoms with Crippen molar-refractivity contribution >= 4 is 0 Å². The fraction of sp³-hybridized carbons (Fsp3) is 1.00. The van der Waals surface area contributed by atoms with Crippen molar-refractivity contribution in [1.29, 1.82) is 0 Å². The van der Waals surface area contributed by atoms with Crippen molar-refractivity contribution in [2.24, 2.45) is 23.5 Å². The first-order chi connectivity index (χ1) is 7.65. The van der Waals surface area contributed by atoms with Crippen molar-refractivity contribution in [3.63, 3.8) is 0 Å². The van der Waals surface area contributed by atoms with Crippen molar-refractivity contribution in [3.8, 4) is 0 Å². The van der Waals surface area contributed by atoms with Gasteiger partial charge in [-0.25, -0.2) is 0 Å². The monoisotopic (exact) mass is 227 g/mol. The highest BCUT2D eigenvalue weighted by Crippen LogP contribution is 2.35. The molecule has 0 bridgehead atoms. The standard InChI is InChI=1S/C14H29NO/c1-4-16-9-5-6-14(15)13-8-7-11(2)12(3)10-13/h11-14H,4-10,15H2,1-3H3. The van der Waals surface area contributed by atoms with Gasteiger partial charge in [0.15, 0.2) is 0 Å². The molecule has 16 heavy (non-hydrogen) atoms. The van der Waals surface area contributed by atoms with Gasteiger partial charge >= 0.3 is 0 Å². The molecular formula is C14H29NO. The van der Waals surface area contributed by atoms with E-state index in [2.05, 4.69) is 13.8 Å². The molecule has 0 aromatic rings. The van der Waals surface area contributed by atoms with E-state index in [9.17, 15) is 0 Å². The van der Waals surface area contributed by atoms with Gasteiger partial charge in [-0.1, -0.05) is 20.3 Å². The SMILES string of the molecule is CCOCCCC(N)C1CCC(C)C(C)C1. The molecule has 0 aliphatic heterocycles. The van der Waals surface area contributed by atoms with Gasteiger partial charge < -0.3 is 10.5 Å². The lowest BCUT2D eigenvalue weighted by molar-refractivity contribution is 0.133. The van der Waals surface area contributed by atoms with E-state index in [-0.39, 0.29) is 0 Å². The van der Waals surface area contributed by atoms with Gasteiger partial charge in [0.2, 0.25) is 0 Å². The van der Waals surface area contributed by atoms with Crippen molar-refractivity contribution < 1.29 is 4.74 Å². The molecule has 2 heteroatoms. The fourth-order valence-corrected chi connectivity index (χ4v) is 2.78. The molecule has 2 N–H and O–H groups in total. The maximum Gasteiger partial charge on any atom is 0.0466 e. The van der Waals surface area contributed by atoms with Crippen molar-refractivity contribution in [3.05, 3.63) is 0 Å². The number of ether oxygens (including phenoxy) is 1. The maximum atomic E-state index is 6.28. The Morgan fingerprint density at radius 2 is 2.00 bits per heavy atom. The first-order valence-electron chi connectivity index (χ1n) is 6.98. The van der Waals surface area contributed by atoms with Crippen LogP contribution in [0.4, 0.5) is 0 Å². The topological polar surface area (TPSA) is 35.2 Å². The number of nitrogens with two attached hydrogens (primary N) is 1. The number of rotatable bonds is 6. The van der Waals surface area contributed by atoms with Crippen LogP contribution >= 0.6 is 0 Å². The zero-order chi connectivity index (χ0) is 12.0. The molecule has 0 amide bonds. The van der Waals surface area contributed by atoms with Crippen LogP contribution in [0.15, 0.2) is 0 Å². The maximum absolute atomic E-state index is 6.28. The molecule has 1 fully saturated rings. The second kappa shape index (κ2) is 7.29. The predicted octanol–water partition coefficient (Wildman–Crippen LogP) is 3.20. The third-order valence-corrected chi connectivity index (χ3v) is 4.27. The van der Waals surface area contributed by atoms with Gasteiger partial charge in [-0.15, -0.1) is 0 Å². The van der Waals surface area contributed by atoms with E-state index in [0.29, 0.717) is 6.04 Å². The Morgan fingerprint density at radius 3 is 2.62 bits per heavy atom. The van der Waals surface area contributed by atoms with Gasteiger partial charge in [0.25, 0.3) is 0 Å². The Labute approximate surface area is 101 Å². The molecular weight excluding hydrogens is 198 g/mol. The first-order valence-corrected chi connectivity index (χ1v) is 6.98. The molecule has 0 spiro atoms. The van der Waals surface area contributed by atoms with Gasteiger partial charge in [-0.3, -0.25) is 0 Å². The third-order valence-electron chi connectivity index (χ3n) is 4.27. The van der Waals surface area contributed by atoms with E-state index < -0.39 is 0 Å². The average Bonchev–Trinajstić information content (AvgIpc) is 2.28. The Morgan fingerprint density at radius 1 is 1.25 bits per heavy atom. The molecule has 1 aliphatic carbocycles. The van der Waals surface area contributed by atoms with Gasteiger partial charge in [0.05, 0.1) is 0 Å². The fourth-order valence-electron chi connectivity index (χ4n) is 2.78. The Hall–Kier alpha value is -0.0800. The van der Waals surface area contributed by atoms with Crippen LogP contribution < -0.4 is 5.73 Å². The molecule has 96 valence electrons. The van der Waals surface area contributed by atoms with E-state index in [1.807, 2.05) is 6.92 Å². The van der Waals surface area contributed by atoms with E-state index >= 15 is 0 Å². The van der Waals surface area contributed by atoms with Crippen LogP contribution in [-0.4, -0.2) is 19.3 Å². The molecule has 1 rings (SSSR count). The first kappa shape index (κ1) is 14.0. The largest absolute Gasteiger partial charge is 0.382 e. The van der Waals surface area contributed by atoms with E-state index in [1.165, 1.54) is 19.3 Å². The summed E-state index contributed by atoms with van der Waals surface area (Å²) in [6.45, 7) is 8.51. The summed E-state index contributed by atoms with van der Waals surface area (Å²) in [5.41, 5.74) is 6.28. The van der Waals surface area contributed by atoms with Crippen molar-refractivity contribution in [1.82, 2.24) is 0 Å². The molecule has 2 nitrogen and oxygen atoms in total. The number of hydrogen-bond acceptors (Lipinski definition) is 2. The van der Waals surface area contributed by atoms with Gasteiger partial charge in [0, 0.05) is 19.3 Å². The van der Waals surface area contributed by atoms with E-state index in [0.717, 1.165) is 43.8 Å².